The molecule has 0 fully saturated rings. The molecule has 1 aromatic heterocycles. The standard InChI is InChI=1S/C13H15N3O3/c1-8-9(7-15-16(8)2)6-14-13(19)12-10(17)4-3-5-11(12)18/h3-5,7,17-18H,6H2,1-2H3,(H,14,19). The van der Waals surface area contributed by atoms with Crippen LogP contribution in [0.15, 0.2) is 24.4 Å². The highest BCUT2D eigenvalue weighted by molar-refractivity contribution is 5.99. The number of nitrogens with zero attached hydrogens (tertiary/aromatic N) is 2. The van der Waals surface area contributed by atoms with E-state index in [1.807, 2.05) is 14.0 Å². The zero-order valence-electron chi connectivity index (χ0n) is 10.7. The highest BCUT2D eigenvalue weighted by Crippen LogP contribution is 2.25. The van der Waals surface area contributed by atoms with Gasteiger partial charge in [-0.3, -0.25) is 9.48 Å². The zero-order valence-corrected chi connectivity index (χ0v) is 10.7. The van der Waals surface area contributed by atoms with Crippen molar-refractivity contribution in [3.05, 3.63) is 41.2 Å². The van der Waals surface area contributed by atoms with Crippen molar-refractivity contribution in [3.8, 4) is 11.5 Å². The van der Waals surface area contributed by atoms with E-state index < -0.39 is 5.91 Å². The first-order valence-corrected chi connectivity index (χ1v) is 5.77. The summed E-state index contributed by atoms with van der Waals surface area (Å²) in [5, 5.41) is 25.9. The smallest absolute Gasteiger partial charge is 0.259 e. The lowest BCUT2D eigenvalue weighted by atomic mass is 10.1. The second kappa shape index (κ2) is 5.01. The summed E-state index contributed by atoms with van der Waals surface area (Å²) in [4.78, 5) is 11.9. The van der Waals surface area contributed by atoms with Gasteiger partial charge in [0, 0.05) is 24.8 Å². The topological polar surface area (TPSA) is 87.4 Å². The molecule has 100 valence electrons. The summed E-state index contributed by atoms with van der Waals surface area (Å²) in [5.74, 6) is -1.03. The molecule has 1 heterocycles. The van der Waals surface area contributed by atoms with Crippen LogP contribution in [0.4, 0.5) is 0 Å². The quantitative estimate of drug-likeness (QED) is 0.771. The first kappa shape index (κ1) is 12.9. The van der Waals surface area contributed by atoms with Gasteiger partial charge in [-0.2, -0.15) is 5.10 Å². The highest BCUT2D eigenvalue weighted by atomic mass is 16.3. The van der Waals surface area contributed by atoms with Crippen LogP contribution in [0.1, 0.15) is 21.6 Å². The second-order valence-corrected chi connectivity index (χ2v) is 4.23. The molecule has 0 aliphatic carbocycles. The third kappa shape index (κ3) is 2.52. The normalized spacial score (nSPS) is 10.4. The summed E-state index contributed by atoms with van der Waals surface area (Å²) < 4.78 is 1.71. The Hall–Kier alpha value is -2.50. The molecule has 1 aromatic carbocycles. The molecule has 0 aliphatic heterocycles. The minimum absolute atomic E-state index is 0.121. The Kier molecular flexibility index (Phi) is 3.41. The van der Waals surface area contributed by atoms with Crippen molar-refractivity contribution in [2.24, 2.45) is 7.05 Å². The van der Waals surface area contributed by atoms with Crippen LogP contribution in [-0.2, 0) is 13.6 Å². The Morgan fingerprint density at radius 3 is 2.53 bits per heavy atom. The van der Waals surface area contributed by atoms with Gasteiger partial charge in [0.2, 0.25) is 0 Å². The van der Waals surface area contributed by atoms with Gasteiger partial charge in [0.1, 0.15) is 17.1 Å². The van der Waals surface area contributed by atoms with Gasteiger partial charge in [-0.05, 0) is 19.1 Å². The number of carbonyl (C=O) groups is 1. The summed E-state index contributed by atoms with van der Waals surface area (Å²) in [5.41, 5.74) is 1.71. The zero-order chi connectivity index (χ0) is 14.0. The monoisotopic (exact) mass is 261 g/mol. The number of aryl methyl sites for hydroxylation is 1. The van der Waals surface area contributed by atoms with E-state index in [0.717, 1.165) is 11.3 Å². The molecule has 1 amide bonds. The Labute approximate surface area is 110 Å². The molecule has 0 unspecified atom stereocenters. The first-order chi connectivity index (χ1) is 9.00. The summed E-state index contributed by atoms with van der Waals surface area (Å²) >= 11 is 0. The first-order valence-electron chi connectivity index (χ1n) is 5.77. The van der Waals surface area contributed by atoms with Gasteiger partial charge in [-0.25, -0.2) is 0 Å². The molecule has 6 heteroatoms. The number of hydrogen-bond acceptors (Lipinski definition) is 4. The molecular formula is C13H15N3O3. The van der Waals surface area contributed by atoms with Gasteiger partial charge >= 0.3 is 0 Å². The van der Waals surface area contributed by atoms with Crippen LogP contribution in [0.25, 0.3) is 0 Å². The molecular weight excluding hydrogens is 246 g/mol. The number of phenols is 2. The van der Waals surface area contributed by atoms with E-state index >= 15 is 0 Å². The molecule has 0 aliphatic rings. The van der Waals surface area contributed by atoms with Gasteiger partial charge in [-0.15, -0.1) is 0 Å². The summed E-state index contributed by atoms with van der Waals surface area (Å²) in [6.45, 7) is 2.18. The lowest BCUT2D eigenvalue weighted by Crippen LogP contribution is -2.23. The number of rotatable bonds is 3. The molecule has 0 radical (unpaired) electrons. The van der Waals surface area contributed by atoms with Crippen LogP contribution in [0.5, 0.6) is 11.5 Å². The predicted molar refractivity (Wildman–Crippen MR) is 68.9 cm³/mol. The van der Waals surface area contributed by atoms with E-state index in [1.165, 1.54) is 18.2 Å². The third-order valence-corrected chi connectivity index (χ3v) is 3.02. The maximum atomic E-state index is 11.9. The van der Waals surface area contributed by atoms with Crippen molar-refractivity contribution in [2.45, 2.75) is 13.5 Å². The predicted octanol–water partition coefficient (Wildman–Crippen LogP) is 1.07. The number of phenolic OH excluding ortho intramolecular Hbond substituents is 2. The fraction of sp³-hybridized carbons (Fsp3) is 0.231. The van der Waals surface area contributed by atoms with Crippen LogP contribution >= 0.6 is 0 Å². The van der Waals surface area contributed by atoms with E-state index in [0.29, 0.717) is 0 Å². The van der Waals surface area contributed by atoms with Crippen LogP contribution < -0.4 is 5.32 Å². The number of amides is 1. The fourth-order valence-electron chi connectivity index (χ4n) is 1.74. The van der Waals surface area contributed by atoms with Crippen molar-refractivity contribution in [3.63, 3.8) is 0 Å². The SMILES string of the molecule is Cc1c(CNC(=O)c2c(O)cccc2O)cnn1C. The van der Waals surface area contributed by atoms with E-state index in [-0.39, 0.29) is 23.6 Å². The molecule has 3 N–H and O–H groups in total. The largest absolute Gasteiger partial charge is 0.507 e. The molecule has 0 saturated carbocycles. The molecule has 2 aromatic rings. The molecule has 2 rings (SSSR count). The van der Waals surface area contributed by atoms with Crippen LogP contribution in [-0.4, -0.2) is 25.9 Å². The van der Waals surface area contributed by atoms with Crippen molar-refractivity contribution in [2.75, 3.05) is 0 Å². The van der Waals surface area contributed by atoms with Gasteiger partial charge in [-0.1, -0.05) is 6.07 Å². The van der Waals surface area contributed by atoms with Gasteiger partial charge < -0.3 is 15.5 Å². The van der Waals surface area contributed by atoms with Crippen molar-refractivity contribution in [1.82, 2.24) is 15.1 Å². The number of hydrogen-bond donors (Lipinski definition) is 3. The average Bonchev–Trinajstić information content (AvgIpc) is 2.67. The maximum absolute atomic E-state index is 11.9. The summed E-state index contributed by atoms with van der Waals surface area (Å²) in [7, 11) is 1.81. The maximum Gasteiger partial charge on any atom is 0.259 e. The van der Waals surface area contributed by atoms with Gasteiger partial charge in [0.25, 0.3) is 5.91 Å². The highest BCUT2D eigenvalue weighted by Gasteiger charge is 2.16. The number of aromatic hydroxyl groups is 2. The van der Waals surface area contributed by atoms with Crippen molar-refractivity contribution >= 4 is 5.91 Å². The lowest BCUT2D eigenvalue weighted by Gasteiger charge is -2.08. The molecule has 0 atom stereocenters. The van der Waals surface area contributed by atoms with Crippen LogP contribution in [0.2, 0.25) is 0 Å². The van der Waals surface area contributed by atoms with Crippen LogP contribution in [0, 0.1) is 6.92 Å². The Morgan fingerprint density at radius 1 is 1.37 bits per heavy atom. The van der Waals surface area contributed by atoms with Gasteiger partial charge in [0.05, 0.1) is 6.20 Å². The number of aromatic nitrogens is 2. The molecule has 6 nitrogen and oxygen atoms in total. The van der Waals surface area contributed by atoms with E-state index in [4.69, 9.17) is 0 Å². The second-order valence-electron chi connectivity index (χ2n) is 4.23. The Bertz CT molecular complexity index is 599. The number of nitrogens with one attached hydrogen (secondary N) is 1. The summed E-state index contributed by atoms with van der Waals surface area (Å²) in [6.07, 6.45) is 1.67. The van der Waals surface area contributed by atoms with Gasteiger partial charge in [0.15, 0.2) is 0 Å². The minimum Gasteiger partial charge on any atom is -0.507 e. The van der Waals surface area contributed by atoms with E-state index in [1.54, 1.807) is 10.9 Å². The Balaban J connectivity index is 2.12. The molecule has 0 saturated heterocycles. The van der Waals surface area contributed by atoms with Crippen LogP contribution in [0.3, 0.4) is 0 Å². The van der Waals surface area contributed by atoms with E-state index in [9.17, 15) is 15.0 Å². The fourth-order valence-corrected chi connectivity index (χ4v) is 1.74. The average molecular weight is 261 g/mol. The van der Waals surface area contributed by atoms with E-state index in [2.05, 4.69) is 10.4 Å². The molecule has 0 bridgehead atoms. The molecule has 0 spiro atoms. The third-order valence-electron chi connectivity index (χ3n) is 3.02. The molecule has 19 heavy (non-hydrogen) atoms. The van der Waals surface area contributed by atoms with Crippen molar-refractivity contribution in [1.29, 1.82) is 0 Å². The summed E-state index contributed by atoms with van der Waals surface area (Å²) in [6, 6.07) is 4.17. The minimum atomic E-state index is -0.529. The Morgan fingerprint density at radius 2 is 2.00 bits per heavy atom. The lowest BCUT2D eigenvalue weighted by molar-refractivity contribution is 0.0945. The number of benzene rings is 1. The number of carbonyl (C=O) groups excluding carboxylic acids is 1. The van der Waals surface area contributed by atoms with Crippen molar-refractivity contribution < 1.29 is 15.0 Å².